The Kier molecular flexibility index (Phi) is 6.37. The number of nitrogens with one attached hydrogen (secondary N) is 1. The molecule has 0 saturated heterocycles. The first-order valence-corrected chi connectivity index (χ1v) is 7.81. The lowest BCUT2D eigenvalue weighted by Gasteiger charge is -2.28. The minimum absolute atomic E-state index is 0.175. The van der Waals surface area contributed by atoms with Crippen LogP contribution in [-0.2, 0) is 14.8 Å². The van der Waals surface area contributed by atoms with Crippen LogP contribution in [0, 0.1) is 0 Å². The SMILES string of the molecule is O=C(CNS(=O)(=O)C(F)(F)C(F)(F)OC(F)(F)C(F)F)c1ccccc1. The van der Waals surface area contributed by atoms with E-state index in [1.165, 1.54) is 18.2 Å². The molecule has 1 N–H and O–H groups in total. The van der Waals surface area contributed by atoms with Gasteiger partial charge in [0.25, 0.3) is 10.0 Å². The second-order valence-corrected chi connectivity index (χ2v) is 6.42. The fourth-order valence-electron chi connectivity index (χ4n) is 1.41. The number of ketones is 1. The predicted octanol–water partition coefficient (Wildman–Crippen LogP) is 2.85. The Balaban J connectivity index is 2.96. The van der Waals surface area contributed by atoms with E-state index in [4.69, 9.17) is 0 Å². The summed E-state index contributed by atoms with van der Waals surface area (Å²) in [5.41, 5.74) is -0.175. The van der Waals surface area contributed by atoms with Gasteiger partial charge in [-0.1, -0.05) is 30.3 Å². The maximum atomic E-state index is 13.4. The maximum Gasteiger partial charge on any atom is 0.448 e. The molecule has 0 aliphatic rings. The Hall–Kier alpha value is -1.80. The number of ether oxygens (including phenoxy) is 1. The average Bonchev–Trinajstić information content (AvgIpc) is 2.52. The Morgan fingerprint density at radius 1 is 1.04 bits per heavy atom. The van der Waals surface area contributed by atoms with Gasteiger partial charge in [-0.2, -0.15) is 26.3 Å². The molecule has 0 radical (unpaired) electrons. The molecule has 0 aromatic heterocycles. The summed E-state index contributed by atoms with van der Waals surface area (Å²) in [5.74, 6) is -1.12. The summed E-state index contributed by atoms with van der Waals surface area (Å²) in [6, 6.07) is 6.40. The number of benzene rings is 1. The van der Waals surface area contributed by atoms with Crippen LogP contribution in [0.2, 0.25) is 0 Å². The highest BCUT2D eigenvalue weighted by Gasteiger charge is 2.71. The molecule has 26 heavy (non-hydrogen) atoms. The van der Waals surface area contributed by atoms with Crippen LogP contribution in [0.5, 0.6) is 0 Å². The van der Waals surface area contributed by atoms with Crippen LogP contribution in [0.15, 0.2) is 30.3 Å². The number of hydrogen-bond acceptors (Lipinski definition) is 4. The van der Waals surface area contributed by atoms with Crippen molar-refractivity contribution >= 4 is 15.8 Å². The molecule has 1 rings (SSSR count). The lowest BCUT2D eigenvalue weighted by atomic mass is 10.1. The van der Waals surface area contributed by atoms with Crippen LogP contribution in [0.3, 0.4) is 0 Å². The molecule has 0 saturated carbocycles. The zero-order valence-electron chi connectivity index (χ0n) is 12.2. The van der Waals surface area contributed by atoms with Crippen molar-refractivity contribution in [1.29, 1.82) is 0 Å². The second-order valence-electron chi connectivity index (χ2n) is 4.61. The summed E-state index contributed by atoms with van der Waals surface area (Å²) in [6.45, 7) is -1.43. The van der Waals surface area contributed by atoms with Crippen LogP contribution < -0.4 is 4.72 Å². The van der Waals surface area contributed by atoms with E-state index in [9.17, 15) is 48.3 Å². The summed E-state index contributed by atoms with van der Waals surface area (Å²) in [5, 5.41) is -6.39. The highest BCUT2D eigenvalue weighted by Crippen LogP contribution is 2.43. The molecule has 1 aromatic carbocycles. The smallest absolute Gasteiger partial charge is 0.293 e. The highest BCUT2D eigenvalue weighted by molar-refractivity contribution is 7.90. The van der Waals surface area contributed by atoms with Crippen molar-refractivity contribution in [1.82, 2.24) is 4.72 Å². The lowest BCUT2D eigenvalue weighted by Crippen LogP contribution is -2.56. The molecule has 0 heterocycles. The fraction of sp³-hybridized carbons (Fsp3) is 0.417. The number of hydrogen-bond donors (Lipinski definition) is 1. The number of alkyl halides is 8. The van der Waals surface area contributed by atoms with Crippen molar-refractivity contribution < 1.29 is 53.1 Å². The molecule has 0 amide bonds. The zero-order chi connectivity index (χ0) is 20.4. The van der Waals surface area contributed by atoms with Gasteiger partial charge in [0, 0.05) is 5.56 Å². The maximum absolute atomic E-state index is 13.4. The third-order valence-electron chi connectivity index (χ3n) is 2.71. The zero-order valence-corrected chi connectivity index (χ0v) is 13.1. The topological polar surface area (TPSA) is 72.5 Å². The average molecular weight is 415 g/mol. The van der Waals surface area contributed by atoms with E-state index in [1.807, 2.05) is 0 Å². The third kappa shape index (κ3) is 4.67. The van der Waals surface area contributed by atoms with E-state index in [2.05, 4.69) is 4.74 Å². The predicted molar refractivity (Wildman–Crippen MR) is 69.6 cm³/mol. The first-order valence-electron chi connectivity index (χ1n) is 6.33. The van der Waals surface area contributed by atoms with Gasteiger partial charge < -0.3 is 0 Å². The van der Waals surface area contributed by atoms with Gasteiger partial charge in [0.15, 0.2) is 5.78 Å². The minimum Gasteiger partial charge on any atom is -0.293 e. The summed E-state index contributed by atoms with van der Waals surface area (Å²) in [7, 11) is -6.48. The van der Waals surface area contributed by atoms with Gasteiger partial charge in [-0.05, 0) is 0 Å². The number of sulfonamides is 1. The van der Waals surface area contributed by atoms with Gasteiger partial charge in [0.1, 0.15) is 0 Å². The molecule has 0 aliphatic heterocycles. The summed E-state index contributed by atoms with van der Waals surface area (Å²) < 4.78 is 127. The summed E-state index contributed by atoms with van der Waals surface area (Å²) >= 11 is 0. The molecule has 0 atom stereocenters. The second kappa shape index (κ2) is 7.44. The molecule has 0 aliphatic carbocycles. The number of halogens is 8. The van der Waals surface area contributed by atoms with Crippen molar-refractivity contribution in [3.8, 4) is 0 Å². The largest absolute Gasteiger partial charge is 0.448 e. The van der Waals surface area contributed by atoms with E-state index in [0.717, 1.165) is 16.9 Å². The fourth-order valence-corrected chi connectivity index (χ4v) is 2.27. The molecular weight excluding hydrogens is 406 g/mol. The first kappa shape index (κ1) is 22.2. The molecule has 14 heteroatoms. The minimum atomic E-state index is -6.53. The van der Waals surface area contributed by atoms with Crippen molar-refractivity contribution in [2.75, 3.05) is 6.54 Å². The monoisotopic (exact) mass is 415 g/mol. The number of Topliss-reactive ketones (excluding diaryl/α,β-unsaturated/α-hetero) is 1. The van der Waals surface area contributed by atoms with E-state index in [-0.39, 0.29) is 5.56 Å². The molecule has 0 spiro atoms. The molecule has 148 valence electrons. The van der Waals surface area contributed by atoms with Crippen LogP contribution in [-0.4, -0.2) is 44.6 Å². The van der Waals surface area contributed by atoms with E-state index < -0.39 is 46.2 Å². The van der Waals surface area contributed by atoms with Crippen molar-refractivity contribution in [2.45, 2.75) is 23.9 Å². The van der Waals surface area contributed by atoms with Crippen LogP contribution in [0.1, 0.15) is 10.4 Å². The Morgan fingerprint density at radius 3 is 2.00 bits per heavy atom. The summed E-state index contributed by atoms with van der Waals surface area (Å²) in [6.07, 6.45) is -17.5. The standard InChI is InChI=1S/C12H9F8NO4S/c13-9(14)10(15,16)25-11(17,18)12(19,20)26(23,24)21-6-8(22)7-4-2-1-3-5-7/h1-5,9,21H,6H2. The van der Waals surface area contributed by atoms with Crippen LogP contribution >= 0.6 is 0 Å². The quantitative estimate of drug-likeness (QED) is 0.498. The first-order chi connectivity index (χ1) is 11.6. The Bertz CT molecular complexity index is 739. The molecule has 0 fully saturated rings. The Morgan fingerprint density at radius 2 is 1.54 bits per heavy atom. The molecular formula is C12H9F8NO4S. The van der Waals surface area contributed by atoms with Crippen molar-refractivity contribution in [3.63, 3.8) is 0 Å². The number of rotatable bonds is 9. The highest BCUT2D eigenvalue weighted by atomic mass is 32.2. The number of carbonyl (C=O) groups is 1. The molecule has 0 bridgehead atoms. The van der Waals surface area contributed by atoms with Crippen LogP contribution in [0.4, 0.5) is 35.1 Å². The van der Waals surface area contributed by atoms with E-state index in [0.29, 0.717) is 0 Å². The van der Waals surface area contributed by atoms with Gasteiger partial charge in [-0.3, -0.25) is 4.79 Å². The summed E-state index contributed by atoms with van der Waals surface area (Å²) in [4.78, 5) is 11.6. The number of carbonyl (C=O) groups excluding carboxylic acids is 1. The molecule has 0 unspecified atom stereocenters. The van der Waals surface area contributed by atoms with Gasteiger partial charge >= 0.3 is 23.9 Å². The van der Waals surface area contributed by atoms with Crippen LogP contribution in [0.25, 0.3) is 0 Å². The van der Waals surface area contributed by atoms with Crippen molar-refractivity contribution in [2.24, 2.45) is 0 Å². The molecule has 5 nitrogen and oxygen atoms in total. The van der Waals surface area contributed by atoms with Gasteiger partial charge in [-0.25, -0.2) is 26.7 Å². The van der Waals surface area contributed by atoms with E-state index >= 15 is 0 Å². The Labute approximate surface area is 141 Å². The molecule has 1 aromatic rings. The third-order valence-corrected chi connectivity index (χ3v) is 4.15. The van der Waals surface area contributed by atoms with Crippen molar-refractivity contribution in [3.05, 3.63) is 35.9 Å². The normalized spacial score (nSPS) is 13.9. The van der Waals surface area contributed by atoms with E-state index in [1.54, 1.807) is 0 Å². The lowest BCUT2D eigenvalue weighted by molar-refractivity contribution is -0.435. The van der Waals surface area contributed by atoms with Gasteiger partial charge in [-0.15, -0.1) is 0 Å². The van der Waals surface area contributed by atoms with Gasteiger partial charge in [0.05, 0.1) is 6.54 Å². The van der Waals surface area contributed by atoms with Gasteiger partial charge in [0.2, 0.25) is 0 Å².